The molecule has 2 aliphatic carbocycles. The molecule has 2 heterocycles. The van der Waals surface area contributed by atoms with E-state index in [0.717, 1.165) is 32.4 Å². The summed E-state index contributed by atoms with van der Waals surface area (Å²) in [5.41, 5.74) is 1.20. The topological polar surface area (TPSA) is 57.7 Å². The first kappa shape index (κ1) is 18.8. The van der Waals surface area contributed by atoms with E-state index < -0.39 is 0 Å². The molecule has 7 heteroatoms. The summed E-state index contributed by atoms with van der Waals surface area (Å²) in [4.78, 5) is 42.6. The number of alkyl halides is 2. The second-order valence-electron chi connectivity index (χ2n) is 8.42. The van der Waals surface area contributed by atoms with Crippen LogP contribution in [0.4, 0.5) is 5.69 Å². The van der Waals surface area contributed by atoms with Gasteiger partial charge in [0.1, 0.15) is 0 Å². The molecule has 0 aromatic heterocycles. The van der Waals surface area contributed by atoms with Crippen LogP contribution in [0.2, 0.25) is 0 Å². The Hall–Kier alpha value is -1.21. The number of fused-ring (bicyclic) bond motifs is 5. The van der Waals surface area contributed by atoms with E-state index in [2.05, 4.69) is 31.9 Å². The number of piperidine rings is 1. The van der Waals surface area contributed by atoms with Gasteiger partial charge in [0, 0.05) is 28.3 Å². The second-order valence-corrected chi connectivity index (χ2v) is 10.5. The molecule has 6 atom stereocenters. The van der Waals surface area contributed by atoms with E-state index in [1.165, 1.54) is 11.3 Å². The molecule has 0 radical (unpaired) electrons. The number of carbonyl (C=O) groups is 3. The number of likely N-dealkylation sites (tertiary alicyclic amines) is 1. The first-order valence-corrected chi connectivity index (χ1v) is 11.9. The van der Waals surface area contributed by atoms with E-state index in [-0.39, 0.29) is 51.0 Å². The minimum atomic E-state index is -0.217. The van der Waals surface area contributed by atoms with Gasteiger partial charge in [-0.1, -0.05) is 31.9 Å². The van der Waals surface area contributed by atoms with E-state index in [0.29, 0.717) is 11.3 Å². The predicted molar refractivity (Wildman–Crippen MR) is 113 cm³/mol. The van der Waals surface area contributed by atoms with Gasteiger partial charge in [-0.15, -0.1) is 0 Å². The van der Waals surface area contributed by atoms with Gasteiger partial charge >= 0.3 is 0 Å². The van der Waals surface area contributed by atoms with E-state index in [1.54, 1.807) is 24.3 Å². The maximum absolute atomic E-state index is 13.1. The number of halogens is 2. The van der Waals surface area contributed by atoms with Crippen LogP contribution in [0.3, 0.4) is 0 Å². The summed E-state index contributed by atoms with van der Waals surface area (Å²) in [7, 11) is 0. The minimum Gasteiger partial charge on any atom is -0.339 e. The number of hydrogen-bond acceptors (Lipinski definition) is 3. The lowest BCUT2D eigenvalue weighted by molar-refractivity contribution is -0.123. The Kier molecular flexibility index (Phi) is 4.66. The Labute approximate surface area is 181 Å². The highest BCUT2D eigenvalue weighted by Gasteiger charge is 2.66. The monoisotopic (exact) mass is 508 g/mol. The van der Waals surface area contributed by atoms with Crippen molar-refractivity contribution in [1.82, 2.24) is 4.90 Å². The van der Waals surface area contributed by atoms with Crippen LogP contribution in [0.25, 0.3) is 0 Å². The number of benzene rings is 1. The van der Waals surface area contributed by atoms with Crippen molar-refractivity contribution < 1.29 is 14.4 Å². The highest BCUT2D eigenvalue weighted by atomic mass is 79.9. The van der Waals surface area contributed by atoms with Gasteiger partial charge in [0.05, 0.1) is 17.5 Å². The maximum Gasteiger partial charge on any atom is 0.253 e. The lowest BCUT2D eigenvalue weighted by atomic mass is 9.81. The largest absolute Gasteiger partial charge is 0.339 e. The Morgan fingerprint density at radius 3 is 1.93 bits per heavy atom. The van der Waals surface area contributed by atoms with Gasteiger partial charge in [-0.3, -0.25) is 19.3 Å². The standard InChI is InChI=1S/C21H22Br2N2O3/c22-17-13-10-14(18(17)23)16-15(13)20(27)25(21(16)28)12-6-4-11(5-7-12)19(26)24-8-2-1-3-9-24/h4-7,13-18H,1-3,8-10H2/t13-,14-,15-,16-,17+,18+/m1/s1. The van der Waals surface area contributed by atoms with E-state index in [9.17, 15) is 14.4 Å². The van der Waals surface area contributed by atoms with Crippen LogP contribution < -0.4 is 4.90 Å². The predicted octanol–water partition coefficient (Wildman–Crippen LogP) is 3.60. The molecule has 4 aliphatic rings. The number of hydrogen-bond donors (Lipinski definition) is 0. The molecule has 2 saturated heterocycles. The summed E-state index contributed by atoms with van der Waals surface area (Å²) >= 11 is 7.43. The molecular weight excluding hydrogens is 488 g/mol. The molecule has 2 bridgehead atoms. The Balaban J connectivity index is 1.38. The Morgan fingerprint density at radius 2 is 1.39 bits per heavy atom. The fraction of sp³-hybridized carbons (Fsp3) is 0.571. The van der Waals surface area contributed by atoms with Crippen molar-refractivity contribution in [2.24, 2.45) is 23.7 Å². The van der Waals surface area contributed by atoms with Crippen molar-refractivity contribution in [3.05, 3.63) is 29.8 Å². The number of carbonyl (C=O) groups excluding carboxylic acids is 3. The van der Waals surface area contributed by atoms with Gasteiger partial charge in [0.15, 0.2) is 0 Å². The average Bonchev–Trinajstić information content (AvgIpc) is 3.33. The Morgan fingerprint density at radius 1 is 0.857 bits per heavy atom. The maximum atomic E-state index is 13.1. The van der Waals surface area contributed by atoms with Crippen molar-refractivity contribution in [2.75, 3.05) is 18.0 Å². The van der Waals surface area contributed by atoms with Crippen molar-refractivity contribution >= 4 is 55.3 Å². The highest BCUT2D eigenvalue weighted by molar-refractivity contribution is 9.12. The molecule has 4 fully saturated rings. The molecule has 0 unspecified atom stereocenters. The number of nitrogens with zero attached hydrogens (tertiary/aromatic N) is 2. The molecule has 3 amide bonds. The fourth-order valence-electron chi connectivity index (χ4n) is 5.64. The third-order valence-corrected chi connectivity index (χ3v) is 10.2. The van der Waals surface area contributed by atoms with E-state index in [1.807, 2.05) is 4.90 Å². The van der Waals surface area contributed by atoms with E-state index in [4.69, 9.17) is 0 Å². The summed E-state index contributed by atoms with van der Waals surface area (Å²) in [6, 6.07) is 6.98. The summed E-state index contributed by atoms with van der Waals surface area (Å²) in [5.74, 6) is -0.148. The molecule has 5 nitrogen and oxygen atoms in total. The van der Waals surface area contributed by atoms with Crippen LogP contribution in [-0.4, -0.2) is 45.4 Å². The SMILES string of the molecule is O=C(c1ccc(N2C(=O)[C@@H]3[C@H]4C[C@@H]([C@H](Br)[C@H]4Br)[C@H]3C2=O)cc1)N1CCCCC1. The normalized spacial score (nSPS) is 36.9. The quantitative estimate of drug-likeness (QED) is 0.452. The lowest BCUT2D eigenvalue weighted by Crippen LogP contribution is -2.37. The summed E-state index contributed by atoms with van der Waals surface area (Å²) in [6.07, 6.45) is 4.20. The lowest BCUT2D eigenvalue weighted by Gasteiger charge is -2.28. The van der Waals surface area contributed by atoms with Crippen LogP contribution in [0.5, 0.6) is 0 Å². The third kappa shape index (κ3) is 2.65. The minimum absolute atomic E-state index is 0.0319. The third-order valence-electron chi connectivity index (χ3n) is 7.00. The average molecular weight is 510 g/mol. The first-order valence-electron chi connectivity index (χ1n) is 10.0. The summed E-state index contributed by atoms with van der Waals surface area (Å²) in [5, 5.41) is 0. The van der Waals surface area contributed by atoms with Gasteiger partial charge in [-0.25, -0.2) is 0 Å². The molecule has 148 valence electrons. The Bertz CT molecular complexity index is 805. The van der Waals surface area contributed by atoms with Crippen LogP contribution >= 0.6 is 31.9 Å². The van der Waals surface area contributed by atoms with Crippen molar-refractivity contribution in [3.63, 3.8) is 0 Å². The highest BCUT2D eigenvalue weighted by Crippen LogP contribution is 2.60. The van der Waals surface area contributed by atoms with Gasteiger partial charge in [0.2, 0.25) is 11.8 Å². The van der Waals surface area contributed by atoms with Gasteiger partial charge in [-0.2, -0.15) is 0 Å². The molecule has 0 spiro atoms. The summed E-state index contributed by atoms with van der Waals surface area (Å²) < 4.78 is 0. The number of amides is 3. The van der Waals surface area contributed by atoms with Gasteiger partial charge in [-0.05, 0) is 61.8 Å². The number of rotatable bonds is 2. The molecule has 5 rings (SSSR count). The molecule has 1 aromatic carbocycles. The first-order chi connectivity index (χ1) is 13.5. The van der Waals surface area contributed by atoms with Crippen molar-refractivity contribution in [3.8, 4) is 0 Å². The molecule has 1 aromatic rings. The van der Waals surface area contributed by atoms with Gasteiger partial charge in [0.25, 0.3) is 5.91 Å². The van der Waals surface area contributed by atoms with Crippen LogP contribution in [-0.2, 0) is 9.59 Å². The smallest absolute Gasteiger partial charge is 0.253 e. The fourth-order valence-corrected chi connectivity index (χ4v) is 7.51. The molecule has 2 aliphatic heterocycles. The van der Waals surface area contributed by atoms with E-state index >= 15 is 0 Å². The number of imide groups is 1. The number of anilines is 1. The molecule has 28 heavy (non-hydrogen) atoms. The zero-order valence-electron chi connectivity index (χ0n) is 15.4. The zero-order chi connectivity index (χ0) is 19.6. The zero-order valence-corrected chi connectivity index (χ0v) is 18.6. The molecular formula is C21H22Br2N2O3. The van der Waals surface area contributed by atoms with Crippen LogP contribution in [0, 0.1) is 23.7 Å². The van der Waals surface area contributed by atoms with Crippen molar-refractivity contribution in [2.45, 2.75) is 35.3 Å². The van der Waals surface area contributed by atoms with Gasteiger partial charge < -0.3 is 4.90 Å². The molecule has 2 saturated carbocycles. The second kappa shape index (κ2) is 6.94. The van der Waals surface area contributed by atoms with Crippen molar-refractivity contribution in [1.29, 1.82) is 0 Å². The van der Waals surface area contributed by atoms with Crippen LogP contribution in [0.15, 0.2) is 24.3 Å². The van der Waals surface area contributed by atoms with Crippen LogP contribution in [0.1, 0.15) is 36.0 Å². The summed E-state index contributed by atoms with van der Waals surface area (Å²) in [6.45, 7) is 1.61. The molecule has 0 N–H and O–H groups in total.